The fourth-order valence-corrected chi connectivity index (χ4v) is 4.34. The first-order valence-electron chi connectivity index (χ1n) is 7.91. The first-order valence-corrected chi connectivity index (χ1v) is 9.11. The molecule has 8 heteroatoms. The molecule has 0 radical (unpaired) electrons. The Morgan fingerprint density at radius 1 is 1.36 bits per heavy atom. The second-order valence-corrected chi connectivity index (χ2v) is 7.26. The molecule has 2 aromatic rings. The lowest BCUT2D eigenvalue weighted by Crippen LogP contribution is -2.29. The lowest BCUT2D eigenvalue weighted by Gasteiger charge is -2.25. The van der Waals surface area contributed by atoms with E-state index in [2.05, 4.69) is 22.5 Å². The van der Waals surface area contributed by atoms with Crippen LogP contribution >= 0.6 is 22.9 Å². The smallest absolute Gasteiger partial charge is 0.339 e. The van der Waals surface area contributed by atoms with Crippen molar-refractivity contribution in [2.45, 2.75) is 19.9 Å². The normalized spacial score (nSPS) is 14.0. The van der Waals surface area contributed by atoms with Gasteiger partial charge in [-0.2, -0.15) is 0 Å². The third-order valence-corrected chi connectivity index (χ3v) is 5.47. The molecule has 0 unspecified atom stereocenters. The Labute approximate surface area is 154 Å². The summed E-state index contributed by atoms with van der Waals surface area (Å²) in [6, 6.07) is 6.28. The van der Waals surface area contributed by atoms with Crippen LogP contribution in [0.4, 0.5) is 15.5 Å². The van der Waals surface area contributed by atoms with Gasteiger partial charge in [0.2, 0.25) is 0 Å². The molecule has 1 aromatic heterocycles. The van der Waals surface area contributed by atoms with E-state index < -0.39 is 12.0 Å². The minimum atomic E-state index is -1.01. The van der Waals surface area contributed by atoms with Gasteiger partial charge in [0.1, 0.15) is 5.00 Å². The zero-order valence-electron chi connectivity index (χ0n) is 13.6. The molecular weight excluding hydrogens is 362 g/mol. The molecule has 2 heterocycles. The van der Waals surface area contributed by atoms with Crippen LogP contribution in [0.5, 0.6) is 0 Å². The molecule has 132 valence electrons. The molecule has 3 N–H and O–H groups in total. The SMILES string of the molecule is CCN1CCc2c(sc(NC(=O)Nc3cccc(Cl)c3)c2C(=O)O)C1. The number of halogens is 1. The standard InChI is InChI=1S/C17H18ClN3O3S/c1-2-21-7-6-12-13(9-21)25-15(14(12)16(22)23)20-17(24)19-11-5-3-4-10(18)8-11/h3-5,8H,2,6-7,9H2,1H3,(H,22,23)(H2,19,20,24). The minimum Gasteiger partial charge on any atom is -0.478 e. The van der Waals surface area contributed by atoms with Crippen LogP contribution in [-0.4, -0.2) is 35.1 Å². The Kier molecular flexibility index (Phi) is 5.27. The van der Waals surface area contributed by atoms with Gasteiger partial charge >= 0.3 is 12.0 Å². The van der Waals surface area contributed by atoms with Gasteiger partial charge in [-0.15, -0.1) is 11.3 Å². The number of likely N-dealkylation sites (N-methyl/N-ethyl adjacent to an activating group) is 1. The van der Waals surface area contributed by atoms with E-state index in [0.717, 1.165) is 23.5 Å². The number of benzene rings is 1. The molecule has 0 bridgehead atoms. The number of rotatable bonds is 4. The van der Waals surface area contributed by atoms with Crippen molar-refractivity contribution in [2.75, 3.05) is 23.7 Å². The average Bonchev–Trinajstić information content (AvgIpc) is 2.91. The number of carbonyl (C=O) groups excluding carboxylic acids is 1. The lowest BCUT2D eigenvalue weighted by atomic mass is 10.0. The van der Waals surface area contributed by atoms with Crippen LogP contribution in [0.1, 0.15) is 27.7 Å². The molecule has 1 aliphatic rings. The summed E-state index contributed by atoms with van der Waals surface area (Å²) in [4.78, 5) is 27.2. The molecule has 0 spiro atoms. The van der Waals surface area contributed by atoms with Crippen molar-refractivity contribution < 1.29 is 14.7 Å². The quantitative estimate of drug-likeness (QED) is 0.746. The second kappa shape index (κ2) is 7.43. The number of carbonyl (C=O) groups is 2. The summed E-state index contributed by atoms with van der Waals surface area (Å²) in [5, 5.41) is 15.8. The molecule has 25 heavy (non-hydrogen) atoms. The highest BCUT2D eigenvalue weighted by Crippen LogP contribution is 2.37. The van der Waals surface area contributed by atoms with E-state index in [1.54, 1.807) is 24.3 Å². The van der Waals surface area contributed by atoms with Gasteiger partial charge in [0.05, 0.1) is 5.56 Å². The first-order chi connectivity index (χ1) is 12.0. The van der Waals surface area contributed by atoms with Crippen molar-refractivity contribution in [3.8, 4) is 0 Å². The fraction of sp³-hybridized carbons (Fsp3) is 0.294. The van der Waals surface area contributed by atoms with Crippen molar-refractivity contribution in [1.82, 2.24) is 4.90 Å². The fourth-order valence-electron chi connectivity index (χ4n) is 2.87. The van der Waals surface area contributed by atoms with Gasteiger partial charge in [-0.05, 0) is 36.7 Å². The Balaban J connectivity index is 1.81. The molecule has 2 amide bonds. The molecule has 1 aliphatic heterocycles. The van der Waals surface area contributed by atoms with Crippen LogP contribution in [0.3, 0.4) is 0 Å². The monoisotopic (exact) mass is 379 g/mol. The van der Waals surface area contributed by atoms with Gasteiger partial charge in [0, 0.05) is 28.7 Å². The van der Waals surface area contributed by atoms with Crippen molar-refractivity contribution in [3.63, 3.8) is 0 Å². The van der Waals surface area contributed by atoms with Crippen molar-refractivity contribution in [1.29, 1.82) is 0 Å². The maximum absolute atomic E-state index is 12.2. The van der Waals surface area contributed by atoms with Crippen LogP contribution in [0.2, 0.25) is 5.02 Å². The molecule has 0 atom stereocenters. The van der Waals surface area contributed by atoms with Gasteiger partial charge < -0.3 is 10.4 Å². The van der Waals surface area contributed by atoms with Gasteiger partial charge in [-0.25, -0.2) is 9.59 Å². The van der Waals surface area contributed by atoms with Gasteiger partial charge in [0.15, 0.2) is 0 Å². The summed E-state index contributed by atoms with van der Waals surface area (Å²) >= 11 is 7.23. The topological polar surface area (TPSA) is 81.7 Å². The van der Waals surface area contributed by atoms with Crippen molar-refractivity contribution >= 4 is 45.6 Å². The summed E-state index contributed by atoms with van der Waals surface area (Å²) in [5.41, 5.74) is 1.58. The number of nitrogens with one attached hydrogen (secondary N) is 2. The number of fused-ring (bicyclic) bond motifs is 1. The highest BCUT2D eigenvalue weighted by Gasteiger charge is 2.28. The summed E-state index contributed by atoms with van der Waals surface area (Å²) in [6.07, 6.45) is 0.679. The number of thiophene rings is 1. The zero-order chi connectivity index (χ0) is 18.0. The maximum atomic E-state index is 12.2. The van der Waals surface area contributed by atoms with Gasteiger partial charge in [0.25, 0.3) is 0 Å². The third kappa shape index (κ3) is 3.95. The number of carboxylic acid groups (broad SMARTS) is 1. The Bertz CT molecular complexity index is 821. The van der Waals surface area contributed by atoms with E-state index in [1.165, 1.54) is 11.3 Å². The Morgan fingerprint density at radius 3 is 2.84 bits per heavy atom. The van der Waals surface area contributed by atoms with E-state index in [-0.39, 0.29) is 5.56 Å². The Morgan fingerprint density at radius 2 is 2.16 bits per heavy atom. The molecule has 3 rings (SSSR count). The number of urea groups is 1. The van der Waals surface area contributed by atoms with Crippen LogP contribution in [-0.2, 0) is 13.0 Å². The zero-order valence-corrected chi connectivity index (χ0v) is 15.2. The van der Waals surface area contributed by atoms with E-state index in [4.69, 9.17) is 11.6 Å². The molecule has 0 saturated heterocycles. The molecule has 0 saturated carbocycles. The molecule has 0 aliphatic carbocycles. The highest BCUT2D eigenvalue weighted by molar-refractivity contribution is 7.17. The minimum absolute atomic E-state index is 0.206. The number of aromatic carboxylic acids is 1. The van der Waals surface area contributed by atoms with Gasteiger partial charge in [-0.1, -0.05) is 24.6 Å². The lowest BCUT2D eigenvalue weighted by molar-refractivity contribution is 0.0696. The molecular formula is C17H18ClN3O3S. The largest absolute Gasteiger partial charge is 0.478 e. The van der Waals surface area contributed by atoms with Crippen molar-refractivity contribution in [2.24, 2.45) is 0 Å². The number of nitrogens with zero attached hydrogens (tertiary/aromatic N) is 1. The Hall–Kier alpha value is -2.09. The number of carboxylic acids is 1. The second-order valence-electron chi connectivity index (χ2n) is 5.72. The maximum Gasteiger partial charge on any atom is 0.339 e. The number of amides is 2. The number of hydrogen-bond acceptors (Lipinski definition) is 4. The summed E-state index contributed by atoms with van der Waals surface area (Å²) < 4.78 is 0. The third-order valence-electron chi connectivity index (χ3n) is 4.11. The average molecular weight is 380 g/mol. The summed E-state index contributed by atoms with van der Waals surface area (Å²) in [7, 11) is 0. The van der Waals surface area contributed by atoms with E-state index >= 15 is 0 Å². The summed E-state index contributed by atoms with van der Waals surface area (Å²) in [5.74, 6) is -1.01. The predicted octanol–water partition coefficient (Wildman–Crippen LogP) is 4.12. The molecule has 6 nitrogen and oxygen atoms in total. The molecule has 1 aromatic carbocycles. The highest BCUT2D eigenvalue weighted by atomic mass is 35.5. The van der Waals surface area contributed by atoms with Crippen LogP contribution < -0.4 is 10.6 Å². The number of hydrogen-bond donors (Lipinski definition) is 3. The summed E-state index contributed by atoms with van der Waals surface area (Å²) in [6.45, 7) is 4.54. The molecule has 0 fully saturated rings. The van der Waals surface area contributed by atoms with Gasteiger partial charge in [-0.3, -0.25) is 10.2 Å². The first kappa shape index (κ1) is 17.7. The van der Waals surface area contributed by atoms with Crippen LogP contribution in [0, 0.1) is 0 Å². The van der Waals surface area contributed by atoms with Crippen LogP contribution in [0.15, 0.2) is 24.3 Å². The van der Waals surface area contributed by atoms with Crippen LogP contribution in [0.25, 0.3) is 0 Å². The predicted molar refractivity (Wildman–Crippen MR) is 100 cm³/mol. The van der Waals surface area contributed by atoms with E-state index in [9.17, 15) is 14.7 Å². The van der Waals surface area contributed by atoms with E-state index in [0.29, 0.717) is 28.7 Å². The van der Waals surface area contributed by atoms with E-state index in [1.807, 2.05) is 0 Å². The van der Waals surface area contributed by atoms with Crippen molar-refractivity contribution in [3.05, 3.63) is 45.3 Å². The number of anilines is 2.